The number of nitrogens with zero attached hydrogens (tertiary/aromatic N) is 4. The first-order valence-electron chi connectivity index (χ1n) is 7.56. The van der Waals surface area contributed by atoms with Crippen molar-refractivity contribution >= 4 is 22.8 Å². The second-order valence-electron chi connectivity index (χ2n) is 5.99. The van der Waals surface area contributed by atoms with Crippen LogP contribution >= 0.6 is 0 Å². The second-order valence-corrected chi connectivity index (χ2v) is 5.99. The van der Waals surface area contributed by atoms with Crippen LogP contribution in [0, 0.1) is 5.92 Å². The molecule has 2 atom stereocenters. The first-order valence-corrected chi connectivity index (χ1v) is 7.56. The molecule has 6 nitrogen and oxygen atoms in total. The van der Waals surface area contributed by atoms with E-state index in [0.717, 1.165) is 29.3 Å². The van der Waals surface area contributed by atoms with Crippen molar-refractivity contribution in [1.29, 1.82) is 0 Å². The van der Waals surface area contributed by atoms with Gasteiger partial charge in [-0.05, 0) is 31.6 Å². The van der Waals surface area contributed by atoms with Gasteiger partial charge in [0.2, 0.25) is 5.95 Å². The number of nitrogen functional groups attached to an aromatic ring is 1. The molecule has 2 aromatic rings. The van der Waals surface area contributed by atoms with Crippen molar-refractivity contribution < 1.29 is 0 Å². The molecular weight excluding hydrogens is 252 g/mol. The largest absolute Gasteiger partial charge is 0.368 e. The lowest BCUT2D eigenvalue weighted by Crippen LogP contribution is -2.47. The van der Waals surface area contributed by atoms with Gasteiger partial charge in [-0.3, -0.25) is 5.10 Å². The topological polar surface area (TPSA) is 83.7 Å². The van der Waals surface area contributed by atoms with Crippen LogP contribution in [-0.2, 0) is 0 Å². The first-order chi connectivity index (χ1) is 9.83. The van der Waals surface area contributed by atoms with Crippen LogP contribution in [0.4, 0.5) is 11.8 Å². The number of nitrogens with one attached hydrogen (secondary N) is 1. The zero-order valence-electron chi connectivity index (χ0n) is 11.5. The molecule has 20 heavy (non-hydrogen) atoms. The lowest BCUT2D eigenvalue weighted by molar-refractivity contribution is 0.243. The second kappa shape index (κ2) is 4.61. The van der Waals surface area contributed by atoms with Crippen molar-refractivity contribution in [1.82, 2.24) is 20.2 Å². The van der Waals surface area contributed by atoms with Crippen molar-refractivity contribution in [3.63, 3.8) is 0 Å². The molecule has 0 amide bonds. The Kier molecular flexibility index (Phi) is 2.75. The molecule has 2 aromatic heterocycles. The smallest absolute Gasteiger partial charge is 0.224 e. The monoisotopic (exact) mass is 272 g/mol. The number of fused-ring (bicyclic) bond motifs is 2. The minimum Gasteiger partial charge on any atom is -0.368 e. The maximum atomic E-state index is 5.86. The minimum absolute atomic E-state index is 0.328. The molecule has 0 unspecified atom stereocenters. The molecule has 6 heteroatoms. The maximum absolute atomic E-state index is 5.86. The molecule has 0 bridgehead atoms. The molecular formula is C14H20N6. The van der Waals surface area contributed by atoms with E-state index in [1.54, 1.807) is 0 Å². The van der Waals surface area contributed by atoms with Crippen LogP contribution in [0.3, 0.4) is 0 Å². The van der Waals surface area contributed by atoms with Gasteiger partial charge >= 0.3 is 0 Å². The lowest BCUT2D eigenvalue weighted by atomic mass is 9.78. The third-order valence-electron chi connectivity index (χ3n) is 4.82. The number of anilines is 2. The fourth-order valence-corrected chi connectivity index (χ4v) is 3.94. The van der Waals surface area contributed by atoms with Gasteiger partial charge in [0.1, 0.15) is 5.82 Å². The Labute approximate surface area is 117 Å². The predicted octanol–water partition coefficient (Wildman–Crippen LogP) is 2.09. The standard InChI is InChI=1S/C14H20N6/c15-14-17-12-10(8-16-19-12)13(18-14)20-7-3-5-9-4-1-2-6-11(9)20/h8-9,11H,1-7H2,(H3,15,16,17,18,19)/t9-,11-/m1/s1. The first kappa shape index (κ1) is 11.9. The van der Waals surface area contributed by atoms with Gasteiger partial charge in [-0.2, -0.15) is 15.1 Å². The molecule has 0 radical (unpaired) electrons. The fraction of sp³-hybridized carbons (Fsp3) is 0.643. The summed E-state index contributed by atoms with van der Waals surface area (Å²) in [5.41, 5.74) is 6.60. The maximum Gasteiger partial charge on any atom is 0.224 e. The molecule has 2 fully saturated rings. The van der Waals surface area contributed by atoms with E-state index >= 15 is 0 Å². The summed E-state index contributed by atoms with van der Waals surface area (Å²) in [6, 6.07) is 0.616. The third-order valence-corrected chi connectivity index (χ3v) is 4.82. The van der Waals surface area contributed by atoms with Crippen LogP contribution in [-0.4, -0.2) is 32.8 Å². The van der Waals surface area contributed by atoms with Gasteiger partial charge < -0.3 is 10.6 Å². The Balaban J connectivity index is 1.79. The Morgan fingerprint density at radius 2 is 2.00 bits per heavy atom. The Morgan fingerprint density at radius 1 is 1.15 bits per heavy atom. The van der Waals surface area contributed by atoms with Gasteiger partial charge in [0, 0.05) is 12.6 Å². The number of hydrogen-bond donors (Lipinski definition) is 2. The summed E-state index contributed by atoms with van der Waals surface area (Å²) in [5.74, 6) is 2.11. The highest BCUT2D eigenvalue weighted by atomic mass is 15.3. The zero-order valence-corrected chi connectivity index (χ0v) is 11.5. The number of aromatic amines is 1. The summed E-state index contributed by atoms with van der Waals surface area (Å²) in [5, 5.41) is 7.99. The van der Waals surface area contributed by atoms with Crippen LogP contribution in [0.15, 0.2) is 6.20 Å². The Hall–Kier alpha value is -1.85. The molecule has 1 aliphatic heterocycles. The predicted molar refractivity (Wildman–Crippen MR) is 78.4 cm³/mol. The van der Waals surface area contributed by atoms with Crippen molar-refractivity contribution in [2.75, 3.05) is 17.2 Å². The third kappa shape index (κ3) is 1.82. The average molecular weight is 272 g/mol. The van der Waals surface area contributed by atoms with E-state index in [1.165, 1.54) is 38.5 Å². The van der Waals surface area contributed by atoms with E-state index in [-0.39, 0.29) is 0 Å². The van der Waals surface area contributed by atoms with E-state index in [2.05, 4.69) is 25.1 Å². The fourth-order valence-electron chi connectivity index (χ4n) is 3.94. The van der Waals surface area contributed by atoms with E-state index in [9.17, 15) is 0 Å². The van der Waals surface area contributed by atoms with Crippen molar-refractivity contribution in [2.45, 2.75) is 44.6 Å². The van der Waals surface area contributed by atoms with E-state index in [1.807, 2.05) is 6.20 Å². The van der Waals surface area contributed by atoms with E-state index in [0.29, 0.717) is 12.0 Å². The Bertz CT molecular complexity index is 619. The number of piperidine rings is 1. The molecule has 1 saturated heterocycles. The molecule has 106 valence electrons. The van der Waals surface area contributed by atoms with Crippen molar-refractivity contribution in [2.24, 2.45) is 5.92 Å². The highest BCUT2D eigenvalue weighted by molar-refractivity contribution is 5.87. The summed E-state index contributed by atoms with van der Waals surface area (Å²) >= 11 is 0. The number of rotatable bonds is 1. The highest BCUT2D eigenvalue weighted by Gasteiger charge is 2.34. The van der Waals surface area contributed by atoms with Gasteiger partial charge in [-0.15, -0.1) is 0 Å². The molecule has 3 N–H and O–H groups in total. The van der Waals surface area contributed by atoms with E-state index < -0.39 is 0 Å². The molecule has 0 spiro atoms. The van der Waals surface area contributed by atoms with Crippen LogP contribution in [0.2, 0.25) is 0 Å². The minimum atomic E-state index is 0.328. The molecule has 3 heterocycles. The van der Waals surface area contributed by atoms with E-state index in [4.69, 9.17) is 5.73 Å². The van der Waals surface area contributed by atoms with Crippen molar-refractivity contribution in [3.8, 4) is 0 Å². The average Bonchev–Trinajstić information content (AvgIpc) is 2.94. The molecule has 1 aliphatic carbocycles. The zero-order chi connectivity index (χ0) is 13.5. The summed E-state index contributed by atoms with van der Waals surface area (Å²) in [4.78, 5) is 11.2. The van der Waals surface area contributed by atoms with Gasteiger partial charge in [0.05, 0.1) is 11.6 Å². The normalized spacial score (nSPS) is 26.7. The summed E-state index contributed by atoms with van der Waals surface area (Å²) < 4.78 is 0. The molecule has 1 saturated carbocycles. The summed E-state index contributed by atoms with van der Waals surface area (Å²) in [6.07, 6.45) is 9.75. The van der Waals surface area contributed by atoms with Crippen LogP contribution < -0.4 is 10.6 Å². The number of H-pyrrole nitrogens is 1. The van der Waals surface area contributed by atoms with Gasteiger partial charge in [0.15, 0.2) is 5.65 Å². The van der Waals surface area contributed by atoms with Gasteiger partial charge in [-0.1, -0.05) is 12.8 Å². The quantitative estimate of drug-likeness (QED) is 0.830. The molecule has 2 aliphatic rings. The lowest BCUT2D eigenvalue weighted by Gasteiger charge is -2.44. The number of aromatic nitrogens is 4. The van der Waals surface area contributed by atoms with Crippen LogP contribution in [0.5, 0.6) is 0 Å². The SMILES string of the molecule is Nc1nc(N2CCC[C@H]3CCCC[C@H]32)c2cn[nH]c2n1. The highest BCUT2D eigenvalue weighted by Crippen LogP contribution is 2.38. The van der Waals surface area contributed by atoms with Gasteiger partial charge in [0.25, 0.3) is 0 Å². The molecule has 4 rings (SSSR count). The number of nitrogens with two attached hydrogens (primary N) is 1. The summed E-state index contributed by atoms with van der Waals surface area (Å²) in [7, 11) is 0. The van der Waals surface area contributed by atoms with Gasteiger partial charge in [-0.25, -0.2) is 0 Å². The van der Waals surface area contributed by atoms with Crippen LogP contribution in [0.1, 0.15) is 38.5 Å². The Morgan fingerprint density at radius 3 is 2.95 bits per heavy atom. The summed E-state index contributed by atoms with van der Waals surface area (Å²) in [6.45, 7) is 1.07. The molecule has 0 aromatic carbocycles. The number of hydrogen-bond acceptors (Lipinski definition) is 5. The van der Waals surface area contributed by atoms with Crippen LogP contribution in [0.25, 0.3) is 11.0 Å². The van der Waals surface area contributed by atoms with Crippen molar-refractivity contribution in [3.05, 3.63) is 6.20 Å².